The van der Waals surface area contributed by atoms with E-state index in [1.807, 2.05) is 0 Å². The van der Waals surface area contributed by atoms with E-state index < -0.39 is 0 Å². The molecule has 116 valence electrons. The fourth-order valence-electron chi connectivity index (χ4n) is 2.98. The lowest BCUT2D eigenvalue weighted by molar-refractivity contribution is -0.133. The van der Waals surface area contributed by atoms with Gasteiger partial charge in [-0.1, -0.05) is 6.92 Å². The first-order valence-electron chi connectivity index (χ1n) is 8.11. The molecule has 0 atom stereocenters. The summed E-state index contributed by atoms with van der Waals surface area (Å²) >= 11 is 0. The first-order valence-corrected chi connectivity index (χ1v) is 8.11. The fraction of sp³-hybridized carbons (Fsp3) is 0.933. The summed E-state index contributed by atoms with van der Waals surface area (Å²) in [5, 5.41) is 3.56. The number of hydrogen-bond donors (Lipinski definition) is 1. The first-order chi connectivity index (χ1) is 9.69. The van der Waals surface area contributed by atoms with Gasteiger partial charge in [-0.2, -0.15) is 0 Å². The summed E-state index contributed by atoms with van der Waals surface area (Å²) in [7, 11) is 2.15. The van der Waals surface area contributed by atoms with E-state index in [4.69, 9.17) is 0 Å². The molecule has 0 aromatic heterocycles. The van der Waals surface area contributed by atoms with Gasteiger partial charge in [0.2, 0.25) is 5.91 Å². The van der Waals surface area contributed by atoms with Crippen LogP contribution in [0.2, 0.25) is 0 Å². The van der Waals surface area contributed by atoms with Gasteiger partial charge in [0.1, 0.15) is 0 Å². The second-order valence-electron chi connectivity index (χ2n) is 6.19. The standard InChI is InChI=1S/C15H30N4O/c1-3-6-16-14-4-7-19(8-5-14)15(20)13-18-11-9-17(2)10-12-18/h14,16H,3-13H2,1-2H3. The van der Waals surface area contributed by atoms with Crippen molar-refractivity contribution in [3.05, 3.63) is 0 Å². The van der Waals surface area contributed by atoms with Crippen molar-refractivity contribution in [1.29, 1.82) is 0 Å². The van der Waals surface area contributed by atoms with Crippen molar-refractivity contribution in [2.75, 3.05) is 59.4 Å². The van der Waals surface area contributed by atoms with Crippen LogP contribution in [0.5, 0.6) is 0 Å². The lowest BCUT2D eigenvalue weighted by Gasteiger charge is -2.36. The number of carbonyl (C=O) groups is 1. The Kier molecular flexibility index (Phi) is 6.26. The highest BCUT2D eigenvalue weighted by molar-refractivity contribution is 5.78. The van der Waals surface area contributed by atoms with Crippen molar-refractivity contribution in [3.63, 3.8) is 0 Å². The Morgan fingerprint density at radius 3 is 2.35 bits per heavy atom. The molecule has 0 aliphatic carbocycles. The van der Waals surface area contributed by atoms with Crippen molar-refractivity contribution < 1.29 is 4.79 Å². The Bertz CT molecular complexity index is 294. The predicted molar refractivity (Wildman–Crippen MR) is 81.8 cm³/mol. The molecule has 2 aliphatic heterocycles. The minimum absolute atomic E-state index is 0.323. The van der Waals surface area contributed by atoms with E-state index >= 15 is 0 Å². The third-order valence-corrected chi connectivity index (χ3v) is 4.49. The SMILES string of the molecule is CCCNC1CCN(C(=O)CN2CCN(C)CC2)CC1. The van der Waals surface area contributed by atoms with Gasteiger partial charge in [0, 0.05) is 45.3 Å². The summed E-state index contributed by atoms with van der Waals surface area (Å²) < 4.78 is 0. The number of piperazine rings is 1. The Balaban J connectivity index is 1.66. The van der Waals surface area contributed by atoms with Crippen LogP contribution in [0.3, 0.4) is 0 Å². The van der Waals surface area contributed by atoms with E-state index in [1.54, 1.807) is 0 Å². The number of hydrogen-bond acceptors (Lipinski definition) is 4. The molecular weight excluding hydrogens is 252 g/mol. The molecule has 5 nitrogen and oxygen atoms in total. The summed E-state index contributed by atoms with van der Waals surface area (Å²) in [5.74, 6) is 0.323. The largest absolute Gasteiger partial charge is 0.341 e. The highest BCUT2D eigenvalue weighted by Crippen LogP contribution is 2.11. The minimum Gasteiger partial charge on any atom is -0.341 e. The van der Waals surface area contributed by atoms with Crippen LogP contribution in [-0.4, -0.2) is 86.1 Å². The van der Waals surface area contributed by atoms with E-state index in [0.29, 0.717) is 18.5 Å². The molecule has 2 rings (SSSR count). The molecule has 0 saturated carbocycles. The first kappa shape index (κ1) is 15.7. The molecule has 5 heteroatoms. The zero-order valence-electron chi connectivity index (χ0n) is 13.1. The van der Waals surface area contributed by atoms with Crippen LogP contribution < -0.4 is 5.32 Å². The summed E-state index contributed by atoms with van der Waals surface area (Å²) in [4.78, 5) is 19.0. The van der Waals surface area contributed by atoms with E-state index in [0.717, 1.165) is 58.7 Å². The van der Waals surface area contributed by atoms with Crippen LogP contribution in [0.15, 0.2) is 0 Å². The monoisotopic (exact) mass is 282 g/mol. The fourth-order valence-corrected chi connectivity index (χ4v) is 2.98. The number of nitrogens with zero attached hydrogens (tertiary/aromatic N) is 3. The number of nitrogens with one attached hydrogen (secondary N) is 1. The van der Waals surface area contributed by atoms with Gasteiger partial charge in [0.15, 0.2) is 0 Å². The molecule has 2 aliphatic rings. The third kappa shape index (κ3) is 4.72. The average Bonchev–Trinajstić information content (AvgIpc) is 2.48. The summed E-state index contributed by atoms with van der Waals surface area (Å²) in [6.07, 6.45) is 3.39. The number of amides is 1. The van der Waals surface area contributed by atoms with Crippen LogP contribution in [0.1, 0.15) is 26.2 Å². The van der Waals surface area contributed by atoms with Crippen LogP contribution in [0.25, 0.3) is 0 Å². The highest BCUT2D eigenvalue weighted by atomic mass is 16.2. The zero-order chi connectivity index (χ0) is 14.4. The smallest absolute Gasteiger partial charge is 0.236 e. The normalized spacial score (nSPS) is 23.2. The van der Waals surface area contributed by atoms with E-state index in [1.165, 1.54) is 6.42 Å². The van der Waals surface area contributed by atoms with E-state index in [2.05, 4.69) is 34.0 Å². The molecule has 1 N–H and O–H groups in total. The number of rotatable bonds is 5. The molecule has 2 fully saturated rings. The van der Waals surface area contributed by atoms with E-state index in [-0.39, 0.29) is 0 Å². The second kappa shape index (κ2) is 7.96. The maximum atomic E-state index is 12.3. The number of carbonyl (C=O) groups excluding carboxylic acids is 1. The second-order valence-corrected chi connectivity index (χ2v) is 6.19. The molecule has 0 spiro atoms. The lowest BCUT2D eigenvalue weighted by atomic mass is 10.0. The lowest BCUT2D eigenvalue weighted by Crippen LogP contribution is -2.51. The molecule has 2 saturated heterocycles. The Morgan fingerprint density at radius 1 is 1.10 bits per heavy atom. The van der Waals surface area contributed by atoms with Gasteiger partial charge in [-0.05, 0) is 32.9 Å². The number of likely N-dealkylation sites (tertiary alicyclic amines) is 1. The van der Waals surface area contributed by atoms with Gasteiger partial charge in [-0.3, -0.25) is 9.69 Å². The Hall–Kier alpha value is -0.650. The zero-order valence-corrected chi connectivity index (χ0v) is 13.1. The molecule has 2 heterocycles. The number of likely N-dealkylation sites (N-methyl/N-ethyl adjacent to an activating group) is 1. The Morgan fingerprint density at radius 2 is 1.75 bits per heavy atom. The summed E-state index contributed by atoms with van der Waals surface area (Å²) in [6, 6.07) is 0.614. The Labute approximate surface area is 123 Å². The molecule has 0 radical (unpaired) electrons. The van der Waals surface area contributed by atoms with Crippen LogP contribution in [-0.2, 0) is 4.79 Å². The van der Waals surface area contributed by atoms with E-state index in [9.17, 15) is 4.79 Å². The topological polar surface area (TPSA) is 38.8 Å². The van der Waals surface area contributed by atoms with Crippen molar-refractivity contribution in [2.24, 2.45) is 0 Å². The quantitative estimate of drug-likeness (QED) is 0.783. The molecular formula is C15H30N4O. The molecule has 1 amide bonds. The third-order valence-electron chi connectivity index (χ3n) is 4.49. The molecule has 0 bridgehead atoms. The van der Waals surface area contributed by atoms with Gasteiger partial charge >= 0.3 is 0 Å². The highest BCUT2D eigenvalue weighted by Gasteiger charge is 2.24. The van der Waals surface area contributed by atoms with Crippen LogP contribution >= 0.6 is 0 Å². The van der Waals surface area contributed by atoms with Gasteiger partial charge < -0.3 is 15.1 Å². The van der Waals surface area contributed by atoms with Crippen molar-refractivity contribution in [3.8, 4) is 0 Å². The predicted octanol–water partition coefficient (Wildman–Crippen LogP) is 0.224. The van der Waals surface area contributed by atoms with Crippen LogP contribution in [0.4, 0.5) is 0 Å². The number of piperidine rings is 1. The van der Waals surface area contributed by atoms with Crippen LogP contribution in [0, 0.1) is 0 Å². The maximum absolute atomic E-state index is 12.3. The summed E-state index contributed by atoms with van der Waals surface area (Å²) in [6.45, 7) is 9.96. The van der Waals surface area contributed by atoms with Crippen molar-refractivity contribution in [2.45, 2.75) is 32.2 Å². The van der Waals surface area contributed by atoms with Gasteiger partial charge in [-0.15, -0.1) is 0 Å². The molecule has 0 unspecified atom stereocenters. The van der Waals surface area contributed by atoms with Gasteiger partial charge in [0.05, 0.1) is 6.54 Å². The van der Waals surface area contributed by atoms with Crippen molar-refractivity contribution >= 4 is 5.91 Å². The van der Waals surface area contributed by atoms with Gasteiger partial charge in [-0.25, -0.2) is 0 Å². The molecule has 0 aromatic carbocycles. The minimum atomic E-state index is 0.323. The average molecular weight is 282 g/mol. The summed E-state index contributed by atoms with van der Waals surface area (Å²) in [5.41, 5.74) is 0. The van der Waals surface area contributed by atoms with Crippen molar-refractivity contribution in [1.82, 2.24) is 20.0 Å². The maximum Gasteiger partial charge on any atom is 0.236 e. The van der Waals surface area contributed by atoms with Gasteiger partial charge in [0.25, 0.3) is 0 Å². The molecule has 20 heavy (non-hydrogen) atoms. The molecule has 0 aromatic rings.